The number of benzene rings is 1. The molecule has 1 amide bonds. The van der Waals surface area contributed by atoms with E-state index in [4.69, 9.17) is 9.47 Å². The third-order valence-electron chi connectivity index (χ3n) is 2.47. The molecule has 1 rings (SSSR count). The molecule has 0 fully saturated rings. The van der Waals surface area contributed by atoms with Crippen LogP contribution in [0.2, 0.25) is 0 Å². The van der Waals surface area contributed by atoms with Crippen molar-refractivity contribution in [2.75, 3.05) is 13.2 Å². The molecule has 21 heavy (non-hydrogen) atoms. The molecule has 0 heterocycles. The molecule has 1 aromatic rings. The van der Waals surface area contributed by atoms with Crippen LogP contribution in [0.1, 0.15) is 33.6 Å². The van der Waals surface area contributed by atoms with E-state index in [0.717, 1.165) is 6.42 Å². The number of phenols is 2. The van der Waals surface area contributed by atoms with Crippen molar-refractivity contribution >= 4 is 6.09 Å². The van der Waals surface area contributed by atoms with Gasteiger partial charge in [0.1, 0.15) is 5.60 Å². The second-order valence-corrected chi connectivity index (χ2v) is 5.61. The Bertz CT molecular complexity index is 468. The van der Waals surface area contributed by atoms with Crippen molar-refractivity contribution < 1.29 is 24.5 Å². The smallest absolute Gasteiger partial charge is 0.407 e. The summed E-state index contributed by atoms with van der Waals surface area (Å²) in [5.74, 6) is -0.224. The zero-order valence-corrected chi connectivity index (χ0v) is 12.7. The van der Waals surface area contributed by atoms with Crippen molar-refractivity contribution in [3.8, 4) is 17.2 Å². The number of ether oxygens (including phenoxy) is 2. The van der Waals surface area contributed by atoms with Gasteiger partial charge in [-0.05, 0) is 45.7 Å². The van der Waals surface area contributed by atoms with E-state index in [1.165, 1.54) is 6.07 Å². The molecular formula is C15H23NO5. The molecule has 0 aromatic heterocycles. The lowest BCUT2D eigenvalue weighted by atomic mass is 10.2. The average molecular weight is 297 g/mol. The molecule has 0 saturated carbocycles. The summed E-state index contributed by atoms with van der Waals surface area (Å²) in [5, 5.41) is 21.5. The largest absolute Gasteiger partial charge is 0.504 e. The van der Waals surface area contributed by atoms with Crippen molar-refractivity contribution in [3.63, 3.8) is 0 Å². The number of carbonyl (C=O) groups excluding carboxylic acids is 1. The average Bonchev–Trinajstić information content (AvgIpc) is 2.36. The number of carbonyl (C=O) groups is 1. The van der Waals surface area contributed by atoms with Crippen LogP contribution < -0.4 is 10.1 Å². The van der Waals surface area contributed by atoms with E-state index in [0.29, 0.717) is 19.6 Å². The van der Waals surface area contributed by atoms with Crippen LogP contribution in [0.5, 0.6) is 17.2 Å². The topological polar surface area (TPSA) is 88.0 Å². The summed E-state index contributed by atoms with van der Waals surface area (Å²) in [6, 6.07) is 4.55. The summed E-state index contributed by atoms with van der Waals surface area (Å²) in [5.41, 5.74) is -0.500. The van der Waals surface area contributed by atoms with Gasteiger partial charge in [0.25, 0.3) is 0 Å². The molecule has 0 bridgehead atoms. The summed E-state index contributed by atoms with van der Waals surface area (Å²) in [4.78, 5) is 11.4. The van der Waals surface area contributed by atoms with Crippen LogP contribution in [0.15, 0.2) is 18.2 Å². The van der Waals surface area contributed by atoms with Gasteiger partial charge < -0.3 is 25.0 Å². The second-order valence-electron chi connectivity index (χ2n) is 5.61. The van der Waals surface area contributed by atoms with Gasteiger partial charge in [-0.25, -0.2) is 4.79 Å². The maximum atomic E-state index is 11.4. The summed E-state index contributed by atoms with van der Waals surface area (Å²) in [6.07, 6.45) is 0.984. The Hall–Kier alpha value is -2.11. The molecule has 1 aromatic carbocycles. The summed E-state index contributed by atoms with van der Waals surface area (Å²) in [6.45, 7) is 6.30. The van der Waals surface area contributed by atoms with Crippen molar-refractivity contribution in [1.82, 2.24) is 5.32 Å². The number of alkyl carbamates (subject to hydrolysis) is 1. The number of phenolic OH excluding ortho intramolecular Hbond substituents is 2. The SMILES string of the molecule is CC(C)(C)OC(=O)NCCCCOc1cccc(O)c1O. The molecule has 0 aliphatic heterocycles. The fraction of sp³-hybridized carbons (Fsp3) is 0.533. The summed E-state index contributed by atoms with van der Waals surface area (Å²) >= 11 is 0. The van der Waals surface area contributed by atoms with Gasteiger partial charge in [0.05, 0.1) is 6.61 Å². The van der Waals surface area contributed by atoms with Crippen LogP contribution in [0.4, 0.5) is 4.79 Å². The van der Waals surface area contributed by atoms with Gasteiger partial charge in [0, 0.05) is 6.54 Å². The van der Waals surface area contributed by atoms with Gasteiger partial charge in [-0.1, -0.05) is 6.07 Å². The van der Waals surface area contributed by atoms with E-state index in [9.17, 15) is 15.0 Å². The van der Waals surface area contributed by atoms with Crippen LogP contribution in [0, 0.1) is 0 Å². The third kappa shape index (κ3) is 6.74. The highest BCUT2D eigenvalue weighted by Gasteiger charge is 2.15. The van der Waals surface area contributed by atoms with E-state index >= 15 is 0 Å². The van der Waals surface area contributed by atoms with Crippen molar-refractivity contribution in [3.05, 3.63) is 18.2 Å². The fourth-order valence-corrected chi connectivity index (χ4v) is 1.54. The quantitative estimate of drug-likeness (QED) is 0.555. The van der Waals surface area contributed by atoms with Gasteiger partial charge in [-0.15, -0.1) is 0 Å². The van der Waals surface area contributed by atoms with Crippen molar-refractivity contribution in [2.24, 2.45) is 0 Å². The van der Waals surface area contributed by atoms with E-state index in [2.05, 4.69) is 5.32 Å². The number of unbranched alkanes of at least 4 members (excludes halogenated alkanes) is 1. The lowest BCUT2D eigenvalue weighted by Gasteiger charge is -2.19. The van der Waals surface area contributed by atoms with Gasteiger partial charge in [0.2, 0.25) is 5.75 Å². The minimum absolute atomic E-state index is 0.209. The maximum absolute atomic E-state index is 11.4. The lowest BCUT2D eigenvalue weighted by molar-refractivity contribution is 0.0526. The van der Waals surface area contributed by atoms with Crippen molar-refractivity contribution in [1.29, 1.82) is 0 Å². The van der Waals surface area contributed by atoms with Crippen LogP contribution in [0.25, 0.3) is 0 Å². The minimum Gasteiger partial charge on any atom is -0.504 e. The van der Waals surface area contributed by atoms with Crippen LogP contribution in [0.3, 0.4) is 0 Å². The normalized spacial score (nSPS) is 11.0. The van der Waals surface area contributed by atoms with E-state index in [1.807, 2.05) is 20.8 Å². The monoisotopic (exact) mass is 297 g/mol. The molecule has 0 unspecified atom stereocenters. The first kappa shape index (κ1) is 16.9. The highest BCUT2D eigenvalue weighted by atomic mass is 16.6. The summed E-state index contributed by atoms with van der Waals surface area (Å²) in [7, 11) is 0. The second kappa shape index (κ2) is 7.61. The number of para-hydroxylation sites is 1. The Balaban J connectivity index is 2.15. The first-order valence-corrected chi connectivity index (χ1v) is 6.90. The minimum atomic E-state index is -0.500. The Labute approximate surface area is 124 Å². The molecule has 6 heteroatoms. The number of nitrogens with one attached hydrogen (secondary N) is 1. The first-order chi connectivity index (χ1) is 9.79. The predicted molar refractivity (Wildman–Crippen MR) is 78.7 cm³/mol. The Morgan fingerprint density at radius 2 is 1.95 bits per heavy atom. The molecule has 0 atom stereocenters. The summed E-state index contributed by atoms with van der Waals surface area (Å²) < 4.78 is 10.5. The van der Waals surface area contributed by atoms with Gasteiger partial charge in [-0.2, -0.15) is 0 Å². The van der Waals surface area contributed by atoms with Crippen LogP contribution in [-0.4, -0.2) is 35.1 Å². The first-order valence-electron chi connectivity index (χ1n) is 6.90. The van der Waals surface area contributed by atoms with E-state index < -0.39 is 11.7 Å². The molecule has 118 valence electrons. The number of hydrogen-bond acceptors (Lipinski definition) is 5. The Kier molecular flexibility index (Phi) is 6.14. The number of aromatic hydroxyl groups is 2. The maximum Gasteiger partial charge on any atom is 0.407 e. The number of rotatable bonds is 6. The van der Waals surface area contributed by atoms with Crippen molar-refractivity contribution in [2.45, 2.75) is 39.2 Å². The highest BCUT2D eigenvalue weighted by Crippen LogP contribution is 2.34. The Morgan fingerprint density at radius 3 is 2.62 bits per heavy atom. The molecule has 3 N–H and O–H groups in total. The molecule has 0 aliphatic carbocycles. The zero-order valence-electron chi connectivity index (χ0n) is 12.7. The van der Waals surface area contributed by atoms with Crippen LogP contribution in [-0.2, 0) is 4.74 Å². The van der Waals surface area contributed by atoms with Crippen LogP contribution >= 0.6 is 0 Å². The molecule has 0 spiro atoms. The molecule has 0 aliphatic rings. The third-order valence-corrected chi connectivity index (χ3v) is 2.47. The van der Waals surface area contributed by atoms with Gasteiger partial charge in [0.15, 0.2) is 11.5 Å². The highest BCUT2D eigenvalue weighted by molar-refractivity contribution is 5.67. The standard InChI is InChI=1S/C15H23NO5/c1-15(2,3)21-14(19)16-9-4-5-10-20-12-8-6-7-11(17)13(12)18/h6-8,17-18H,4-5,9-10H2,1-3H3,(H,16,19). The molecule has 6 nitrogen and oxygen atoms in total. The zero-order chi connectivity index (χ0) is 15.9. The van der Waals surface area contributed by atoms with Gasteiger partial charge in [-0.3, -0.25) is 0 Å². The predicted octanol–water partition coefficient (Wildman–Crippen LogP) is 2.78. The fourth-order valence-electron chi connectivity index (χ4n) is 1.54. The van der Waals surface area contributed by atoms with Gasteiger partial charge >= 0.3 is 6.09 Å². The van der Waals surface area contributed by atoms with E-state index in [1.54, 1.807) is 12.1 Å². The Morgan fingerprint density at radius 1 is 1.24 bits per heavy atom. The lowest BCUT2D eigenvalue weighted by Crippen LogP contribution is -2.33. The molecule has 0 radical (unpaired) electrons. The van der Waals surface area contributed by atoms with E-state index in [-0.39, 0.29) is 17.2 Å². The molecular weight excluding hydrogens is 274 g/mol. The molecule has 0 saturated heterocycles. The number of hydrogen-bond donors (Lipinski definition) is 3. The number of amides is 1.